The summed E-state index contributed by atoms with van der Waals surface area (Å²) >= 11 is 0. The maximum Gasteiger partial charge on any atom is 0.331 e. The van der Waals surface area contributed by atoms with Gasteiger partial charge < -0.3 is 9.84 Å². The van der Waals surface area contributed by atoms with E-state index in [2.05, 4.69) is 0 Å². The molecule has 0 aliphatic carbocycles. The topological polar surface area (TPSA) is 46.5 Å². The van der Waals surface area contributed by atoms with Crippen LogP contribution in [0, 0.1) is 5.82 Å². The zero-order chi connectivity index (χ0) is 14.5. The molecule has 0 aliphatic rings. The zero-order valence-electron chi connectivity index (χ0n) is 10.8. The molecule has 1 N–H and O–H groups in total. The second kappa shape index (κ2) is 6.02. The molecule has 20 heavy (non-hydrogen) atoms. The third kappa shape index (κ3) is 3.45. The molecule has 0 amide bonds. The van der Waals surface area contributed by atoms with Crippen molar-refractivity contribution < 1.29 is 19.0 Å². The molecule has 4 heteroatoms. The Balaban J connectivity index is 2.15. The van der Waals surface area contributed by atoms with E-state index < -0.39 is 11.8 Å². The van der Waals surface area contributed by atoms with Crippen LogP contribution in [-0.2, 0) is 4.79 Å². The highest BCUT2D eigenvalue weighted by Gasteiger charge is 2.04. The van der Waals surface area contributed by atoms with Crippen LogP contribution >= 0.6 is 0 Å². The highest BCUT2D eigenvalue weighted by Crippen LogP contribution is 2.24. The highest BCUT2D eigenvalue weighted by molar-refractivity contribution is 5.91. The highest BCUT2D eigenvalue weighted by atomic mass is 19.1. The number of carboxylic acids is 1. The number of carbonyl (C=O) groups is 1. The van der Waals surface area contributed by atoms with Crippen LogP contribution in [0.2, 0.25) is 0 Å². The van der Waals surface area contributed by atoms with Gasteiger partial charge in [-0.3, -0.25) is 0 Å². The molecule has 2 rings (SSSR count). The van der Waals surface area contributed by atoms with Crippen molar-refractivity contribution in [2.75, 3.05) is 0 Å². The molecule has 102 valence electrons. The fourth-order valence-electron chi connectivity index (χ4n) is 1.60. The van der Waals surface area contributed by atoms with Crippen LogP contribution < -0.4 is 4.74 Å². The lowest BCUT2D eigenvalue weighted by molar-refractivity contribution is -0.132. The molecule has 0 unspecified atom stereocenters. The average molecular weight is 272 g/mol. The summed E-state index contributed by atoms with van der Waals surface area (Å²) in [6.45, 7) is 1.52. The minimum absolute atomic E-state index is 0.150. The molecule has 0 saturated carbocycles. The number of halogens is 1. The monoisotopic (exact) mass is 272 g/mol. The maximum absolute atomic E-state index is 13.4. The van der Waals surface area contributed by atoms with Crippen molar-refractivity contribution in [3.63, 3.8) is 0 Å². The number of ether oxygens (including phenoxy) is 1. The van der Waals surface area contributed by atoms with Gasteiger partial charge in [0.15, 0.2) is 11.6 Å². The number of aliphatic carboxylic acids is 1. The van der Waals surface area contributed by atoms with Gasteiger partial charge in [0, 0.05) is 5.57 Å². The minimum atomic E-state index is -0.961. The zero-order valence-corrected chi connectivity index (χ0v) is 10.8. The van der Waals surface area contributed by atoms with Crippen LogP contribution in [0.15, 0.2) is 54.1 Å². The number of para-hydroxylation sites is 1. The van der Waals surface area contributed by atoms with E-state index in [0.29, 0.717) is 5.75 Å². The van der Waals surface area contributed by atoms with Gasteiger partial charge in [0.25, 0.3) is 0 Å². The minimum Gasteiger partial charge on any atom is -0.478 e. The van der Waals surface area contributed by atoms with Crippen molar-refractivity contribution in [2.45, 2.75) is 6.92 Å². The molecule has 0 atom stereocenters. The Morgan fingerprint density at radius 2 is 1.80 bits per heavy atom. The fourth-order valence-corrected chi connectivity index (χ4v) is 1.60. The Labute approximate surface area is 115 Å². The SMILES string of the molecule is C/C(=C\c1ccc(Oc2ccccc2F)cc1)C(=O)O. The van der Waals surface area contributed by atoms with Crippen molar-refractivity contribution in [1.29, 1.82) is 0 Å². The van der Waals surface area contributed by atoms with Crippen molar-refractivity contribution in [3.05, 3.63) is 65.5 Å². The lowest BCUT2D eigenvalue weighted by Crippen LogP contribution is -1.95. The lowest BCUT2D eigenvalue weighted by atomic mass is 10.1. The first-order chi connectivity index (χ1) is 9.56. The molecule has 0 fully saturated rings. The third-order valence-electron chi connectivity index (χ3n) is 2.67. The smallest absolute Gasteiger partial charge is 0.331 e. The first-order valence-electron chi connectivity index (χ1n) is 6.00. The predicted molar refractivity (Wildman–Crippen MR) is 74.2 cm³/mol. The second-order valence-electron chi connectivity index (χ2n) is 4.23. The lowest BCUT2D eigenvalue weighted by Gasteiger charge is -2.06. The second-order valence-corrected chi connectivity index (χ2v) is 4.23. The van der Waals surface area contributed by atoms with Crippen LogP contribution in [0.5, 0.6) is 11.5 Å². The number of rotatable bonds is 4. The molecule has 0 bridgehead atoms. The number of benzene rings is 2. The molecule has 0 radical (unpaired) electrons. The Morgan fingerprint density at radius 3 is 2.40 bits per heavy atom. The predicted octanol–water partition coefficient (Wildman–Crippen LogP) is 4.11. The van der Waals surface area contributed by atoms with Gasteiger partial charge in [-0.1, -0.05) is 24.3 Å². The standard InChI is InChI=1S/C16H13FO3/c1-11(16(18)19)10-12-6-8-13(9-7-12)20-15-5-3-2-4-14(15)17/h2-10H,1H3,(H,18,19)/b11-10+. The number of hydrogen-bond donors (Lipinski definition) is 1. The van der Waals surface area contributed by atoms with Crippen molar-refractivity contribution >= 4 is 12.0 Å². The summed E-state index contributed by atoms with van der Waals surface area (Å²) in [6, 6.07) is 12.9. The summed E-state index contributed by atoms with van der Waals surface area (Å²) in [4.78, 5) is 10.7. The van der Waals surface area contributed by atoms with E-state index in [0.717, 1.165) is 5.56 Å². The average Bonchev–Trinajstić information content (AvgIpc) is 2.43. The molecule has 0 heterocycles. The molecular weight excluding hydrogens is 259 g/mol. The summed E-state index contributed by atoms with van der Waals surface area (Å²) in [5.41, 5.74) is 0.985. The van der Waals surface area contributed by atoms with Crippen LogP contribution in [-0.4, -0.2) is 11.1 Å². The maximum atomic E-state index is 13.4. The Morgan fingerprint density at radius 1 is 1.15 bits per heavy atom. The van der Waals surface area contributed by atoms with Gasteiger partial charge >= 0.3 is 5.97 Å². The van der Waals surface area contributed by atoms with E-state index in [1.165, 1.54) is 19.1 Å². The normalized spacial score (nSPS) is 11.2. The van der Waals surface area contributed by atoms with Gasteiger partial charge in [0.1, 0.15) is 5.75 Å². The van der Waals surface area contributed by atoms with Crippen molar-refractivity contribution in [3.8, 4) is 11.5 Å². The van der Waals surface area contributed by atoms with Crippen molar-refractivity contribution in [1.82, 2.24) is 0 Å². The van der Waals surface area contributed by atoms with Crippen molar-refractivity contribution in [2.24, 2.45) is 0 Å². The van der Waals surface area contributed by atoms with Gasteiger partial charge in [0.05, 0.1) is 0 Å². The van der Waals surface area contributed by atoms with Crippen LogP contribution in [0.25, 0.3) is 6.08 Å². The summed E-state index contributed by atoms with van der Waals surface area (Å²) in [5, 5.41) is 8.79. The van der Waals surface area contributed by atoms with E-state index in [1.54, 1.807) is 42.5 Å². The Hall–Kier alpha value is -2.62. The number of hydrogen-bond acceptors (Lipinski definition) is 2. The van der Waals surface area contributed by atoms with Gasteiger partial charge in [-0.15, -0.1) is 0 Å². The largest absolute Gasteiger partial charge is 0.478 e. The molecular formula is C16H13FO3. The molecule has 0 aliphatic heterocycles. The first kappa shape index (κ1) is 13.8. The first-order valence-corrected chi connectivity index (χ1v) is 6.00. The summed E-state index contributed by atoms with van der Waals surface area (Å²) < 4.78 is 18.8. The van der Waals surface area contributed by atoms with Crippen LogP contribution in [0.1, 0.15) is 12.5 Å². The third-order valence-corrected chi connectivity index (χ3v) is 2.67. The summed E-state index contributed by atoms with van der Waals surface area (Å²) in [7, 11) is 0. The molecule has 2 aromatic rings. The Bertz CT molecular complexity index is 645. The van der Waals surface area contributed by atoms with Crippen LogP contribution in [0.4, 0.5) is 4.39 Å². The van der Waals surface area contributed by atoms with E-state index in [4.69, 9.17) is 9.84 Å². The fraction of sp³-hybridized carbons (Fsp3) is 0.0625. The van der Waals surface area contributed by atoms with Gasteiger partial charge in [0.2, 0.25) is 0 Å². The summed E-state index contributed by atoms with van der Waals surface area (Å²) in [5.74, 6) is -0.757. The molecule has 0 saturated heterocycles. The van der Waals surface area contributed by atoms with E-state index in [-0.39, 0.29) is 11.3 Å². The molecule has 2 aromatic carbocycles. The van der Waals surface area contributed by atoms with E-state index >= 15 is 0 Å². The molecule has 3 nitrogen and oxygen atoms in total. The molecule has 0 aromatic heterocycles. The number of carboxylic acid groups (broad SMARTS) is 1. The van der Waals surface area contributed by atoms with E-state index in [1.807, 2.05) is 0 Å². The van der Waals surface area contributed by atoms with E-state index in [9.17, 15) is 9.18 Å². The quantitative estimate of drug-likeness (QED) is 0.852. The Kier molecular flexibility index (Phi) is 4.15. The van der Waals surface area contributed by atoms with Gasteiger partial charge in [-0.05, 0) is 42.8 Å². The van der Waals surface area contributed by atoms with Gasteiger partial charge in [-0.2, -0.15) is 0 Å². The molecule has 0 spiro atoms. The van der Waals surface area contributed by atoms with Gasteiger partial charge in [-0.25, -0.2) is 9.18 Å². The summed E-state index contributed by atoms with van der Waals surface area (Å²) in [6.07, 6.45) is 1.55. The van der Waals surface area contributed by atoms with Crippen LogP contribution in [0.3, 0.4) is 0 Å².